The van der Waals surface area contributed by atoms with E-state index in [4.69, 9.17) is 9.47 Å². The number of aromatic nitrogens is 2. The zero-order valence-corrected chi connectivity index (χ0v) is 13.1. The molecule has 124 valence electrons. The summed E-state index contributed by atoms with van der Waals surface area (Å²) in [6.07, 6.45) is -0.0463. The van der Waals surface area contributed by atoms with Gasteiger partial charge < -0.3 is 19.7 Å². The molecule has 6 nitrogen and oxygen atoms in total. The molecule has 0 unspecified atom stereocenters. The quantitative estimate of drug-likeness (QED) is 0.778. The molecule has 1 aromatic carbocycles. The zero-order chi connectivity index (χ0) is 16.2. The van der Waals surface area contributed by atoms with Gasteiger partial charge in [-0.2, -0.15) is 0 Å². The van der Waals surface area contributed by atoms with Gasteiger partial charge in [0.05, 0.1) is 18.8 Å². The van der Waals surface area contributed by atoms with Crippen molar-refractivity contribution in [2.75, 3.05) is 6.61 Å². The predicted octanol–water partition coefficient (Wildman–Crippen LogP) is 1.55. The second-order valence-corrected chi connectivity index (χ2v) is 5.91. The van der Waals surface area contributed by atoms with Crippen LogP contribution in [0.2, 0.25) is 0 Å². The van der Waals surface area contributed by atoms with Gasteiger partial charge in [0.2, 0.25) is 12.2 Å². The van der Waals surface area contributed by atoms with Crippen molar-refractivity contribution in [3.05, 3.63) is 47.2 Å². The Hall–Kier alpha value is -1.89. The lowest BCUT2D eigenvalue weighted by atomic mass is 10.0. The summed E-state index contributed by atoms with van der Waals surface area (Å²) in [4.78, 5) is 0. The molecule has 2 heterocycles. The molecule has 1 aliphatic heterocycles. The van der Waals surface area contributed by atoms with Crippen molar-refractivity contribution in [3.8, 4) is 5.88 Å². The third-order valence-electron chi connectivity index (χ3n) is 4.05. The van der Waals surface area contributed by atoms with Gasteiger partial charge in [-0.05, 0) is 12.5 Å². The van der Waals surface area contributed by atoms with Crippen molar-refractivity contribution in [1.82, 2.24) is 10.2 Å². The first-order valence-electron chi connectivity index (χ1n) is 7.84. The Bertz CT molecular complexity index is 629. The van der Waals surface area contributed by atoms with E-state index in [1.165, 1.54) is 5.56 Å². The Morgan fingerprint density at radius 2 is 2.09 bits per heavy atom. The summed E-state index contributed by atoms with van der Waals surface area (Å²) in [5.74, 6) is 0.488. The van der Waals surface area contributed by atoms with Gasteiger partial charge in [-0.15, -0.1) is 5.10 Å². The van der Waals surface area contributed by atoms with Crippen LogP contribution in [0.5, 0.6) is 5.88 Å². The van der Waals surface area contributed by atoms with Crippen LogP contribution in [0.25, 0.3) is 0 Å². The molecule has 0 aliphatic carbocycles. The Kier molecular flexibility index (Phi) is 4.95. The first-order chi connectivity index (χ1) is 11.2. The minimum Gasteiger partial charge on any atom is -0.446 e. The number of nitrogens with one attached hydrogen (secondary N) is 1. The first-order valence-corrected chi connectivity index (χ1v) is 7.84. The fourth-order valence-corrected chi connectivity index (χ4v) is 2.80. The molecule has 2 aromatic rings. The van der Waals surface area contributed by atoms with Crippen molar-refractivity contribution in [3.63, 3.8) is 0 Å². The molecule has 0 radical (unpaired) electrons. The largest absolute Gasteiger partial charge is 0.446 e. The van der Waals surface area contributed by atoms with Gasteiger partial charge in [0.1, 0.15) is 0 Å². The Morgan fingerprint density at radius 1 is 1.30 bits per heavy atom. The van der Waals surface area contributed by atoms with Crippen LogP contribution in [0.1, 0.15) is 29.7 Å². The molecule has 0 bridgehead atoms. The highest BCUT2D eigenvalue weighted by Gasteiger charge is 2.30. The molecule has 0 amide bonds. The van der Waals surface area contributed by atoms with Crippen molar-refractivity contribution < 1.29 is 19.7 Å². The molecular formula is C17H22N2O4. The zero-order valence-electron chi connectivity index (χ0n) is 13.1. The smallest absolute Gasteiger partial charge is 0.238 e. The summed E-state index contributed by atoms with van der Waals surface area (Å²) in [6.45, 7) is 1.82. The number of aliphatic hydroxyl groups is 2. The highest BCUT2D eigenvalue weighted by atomic mass is 16.7. The van der Waals surface area contributed by atoms with Crippen LogP contribution >= 0.6 is 0 Å². The summed E-state index contributed by atoms with van der Waals surface area (Å²) < 4.78 is 11.5. The first kappa shape index (κ1) is 16.0. The third-order valence-corrected chi connectivity index (χ3v) is 4.05. The lowest BCUT2D eigenvalue weighted by Crippen LogP contribution is -2.40. The molecule has 0 saturated carbocycles. The number of aryl methyl sites for hydroxylation is 1. The lowest BCUT2D eigenvalue weighted by Gasteiger charge is -2.31. The Morgan fingerprint density at radius 3 is 2.83 bits per heavy atom. The second-order valence-electron chi connectivity index (χ2n) is 5.91. The van der Waals surface area contributed by atoms with Crippen molar-refractivity contribution >= 4 is 0 Å². The highest BCUT2D eigenvalue weighted by Crippen LogP contribution is 2.27. The fraction of sp³-hybridized carbons (Fsp3) is 0.471. The summed E-state index contributed by atoms with van der Waals surface area (Å²) in [7, 11) is 0. The number of hydrogen-bond donors (Lipinski definition) is 3. The standard InChI is InChI=1S/C17H22N2O4/c1-11-15(7-12-5-3-2-4-6-12)17(19-18-11)23-16-9-13(21)8-14(10-20)22-16/h2-6,13-14,16,20-21H,7-10H2,1H3,(H,18,19)/t13-,14-,16-/m0/s1. The average molecular weight is 318 g/mol. The SMILES string of the molecule is Cc1[nH]nc(O[C@H]2C[C@@H](O)C[C@@H](CO)O2)c1Cc1ccccc1. The van der Waals surface area contributed by atoms with Gasteiger partial charge in [-0.1, -0.05) is 30.3 Å². The molecule has 0 spiro atoms. The van der Waals surface area contributed by atoms with Crippen molar-refractivity contribution in [2.24, 2.45) is 0 Å². The fourth-order valence-electron chi connectivity index (χ4n) is 2.80. The van der Waals surface area contributed by atoms with Gasteiger partial charge in [0.25, 0.3) is 0 Å². The Labute approximate surface area is 135 Å². The number of rotatable bonds is 5. The topological polar surface area (TPSA) is 87.6 Å². The summed E-state index contributed by atoms with van der Waals surface area (Å²) in [6, 6.07) is 10.1. The molecular weight excluding hydrogens is 296 g/mol. The number of aromatic amines is 1. The molecule has 3 atom stereocenters. The van der Waals surface area contributed by atoms with Crippen LogP contribution in [0.3, 0.4) is 0 Å². The van der Waals surface area contributed by atoms with Crippen molar-refractivity contribution in [2.45, 2.75) is 44.7 Å². The third kappa shape index (κ3) is 3.90. The van der Waals surface area contributed by atoms with E-state index in [0.717, 1.165) is 11.3 Å². The molecule has 3 N–H and O–H groups in total. The molecule has 6 heteroatoms. The molecule has 1 aliphatic rings. The maximum Gasteiger partial charge on any atom is 0.238 e. The summed E-state index contributed by atoms with van der Waals surface area (Å²) in [5.41, 5.74) is 3.08. The number of nitrogens with zero attached hydrogens (tertiary/aromatic N) is 1. The maximum atomic E-state index is 9.87. The van der Waals surface area contributed by atoms with Crippen molar-refractivity contribution in [1.29, 1.82) is 0 Å². The van der Waals surface area contributed by atoms with E-state index in [1.807, 2.05) is 25.1 Å². The van der Waals surface area contributed by atoms with Gasteiger partial charge in [-0.25, -0.2) is 0 Å². The molecule has 1 fully saturated rings. The number of H-pyrrole nitrogens is 1. The van der Waals surface area contributed by atoms with E-state index in [2.05, 4.69) is 22.3 Å². The van der Waals surface area contributed by atoms with Gasteiger partial charge >= 0.3 is 0 Å². The van der Waals surface area contributed by atoms with E-state index < -0.39 is 18.5 Å². The minimum atomic E-state index is -0.604. The summed E-state index contributed by atoms with van der Waals surface area (Å²) in [5, 5.41) is 26.3. The number of hydrogen-bond acceptors (Lipinski definition) is 5. The molecule has 1 aromatic heterocycles. The second kappa shape index (κ2) is 7.12. The van der Waals surface area contributed by atoms with Crippen LogP contribution in [-0.4, -0.2) is 45.5 Å². The Balaban J connectivity index is 1.73. The predicted molar refractivity (Wildman–Crippen MR) is 84.2 cm³/mol. The van der Waals surface area contributed by atoms with Gasteiger partial charge in [0, 0.05) is 30.5 Å². The van der Waals surface area contributed by atoms with Gasteiger partial charge in [-0.3, -0.25) is 5.10 Å². The van der Waals surface area contributed by atoms with E-state index >= 15 is 0 Å². The summed E-state index contributed by atoms with van der Waals surface area (Å²) >= 11 is 0. The number of aliphatic hydroxyl groups excluding tert-OH is 2. The normalized spacial score (nSPS) is 24.6. The lowest BCUT2D eigenvalue weighted by molar-refractivity contribution is -0.185. The number of ether oxygens (including phenoxy) is 2. The minimum absolute atomic E-state index is 0.132. The van der Waals surface area contributed by atoms with Crippen LogP contribution in [0, 0.1) is 6.92 Å². The van der Waals surface area contributed by atoms with E-state index in [9.17, 15) is 10.2 Å². The van der Waals surface area contributed by atoms with E-state index in [-0.39, 0.29) is 6.61 Å². The van der Waals surface area contributed by atoms with Gasteiger partial charge in [0.15, 0.2) is 0 Å². The monoisotopic (exact) mass is 318 g/mol. The van der Waals surface area contributed by atoms with Crippen LogP contribution < -0.4 is 4.74 Å². The highest BCUT2D eigenvalue weighted by molar-refractivity contribution is 5.35. The molecule has 3 rings (SSSR count). The number of benzene rings is 1. The van der Waals surface area contributed by atoms with Crippen LogP contribution in [0.4, 0.5) is 0 Å². The molecule has 23 heavy (non-hydrogen) atoms. The van der Waals surface area contributed by atoms with Crippen LogP contribution in [-0.2, 0) is 11.2 Å². The van der Waals surface area contributed by atoms with E-state index in [0.29, 0.717) is 25.1 Å². The maximum absolute atomic E-state index is 9.87. The molecule has 1 saturated heterocycles. The van der Waals surface area contributed by atoms with Crippen LogP contribution in [0.15, 0.2) is 30.3 Å². The average Bonchev–Trinajstić information content (AvgIpc) is 2.88. The van der Waals surface area contributed by atoms with E-state index in [1.54, 1.807) is 0 Å².